The molecule has 18 heteroatoms. The summed E-state index contributed by atoms with van der Waals surface area (Å²) < 4.78 is 41.7. The Morgan fingerprint density at radius 3 is 2.10 bits per heavy atom. The monoisotopic (exact) mass is 805 g/mol. The van der Waals surface area contributed by atoms with Crippen LogP contribution in [0.15, 0.2) is 63.4 Å². The predicted molar refractivity (Wildman–Crippen MR) is 197 cm³/mol. The zero-order valence-electron chi connectivity index (χ0n) is 30.4. The quantitative estimate of drug-likeness (QED) is 0.0779. The third-order valence-corrected chi connectivity index (χ3v) is 10.2. The molecule has 8 rings (SSSR count). The SMILES string of the molecule is COc1cc(-c2oc3cc(=[OH+])cc4oc(-c5c(O)cc(O)c6c5O[C@H](c5ccc(O)c(O)c5)[C@H](O)C6)cc(c2O[C@@H]2O[C@H](CO)[C@@H](O)[C@H](O)[C@H]2O)c43)cc(OC)c1O. The van der Waals surface area contributed by atoms with Crippen LogP contribution in [0, 0.1) is 0 Å². The molecule has 11 N–H and O–H groups in total. The van der Waals surface area contributed by atoms with Gasteiger partial charge in [0.2, 0.25) is 12.0 Å². The average Bonchev–Trinajstić information content (AvgIpc) is 3.19. The molecule has 4 aromatic carbocycles. The number of aliphatic hydroxyl groups excluding tert-OH is 5. The van der Waals surface area contributed by atoms with Crippen LogP contribution in [-0.2, 0) is 11.2 Å². The van der Waals surface area contributed by atoms with Gasteiger partial charge < -0.3 is 83.6 Å². The minimum absolute atomic E-state index is 0.00555. The van der Waals surface area contributed by atoms with Crippen molar-refractivity contribution in [3.05, 3.63) is 71.2 Å². The lowest BCUT2D eigenvalue weighted by atomic mass is 9.91. The van der Waals surface area contributed by atoms with Gasteiger partial charge in [0.1, 0.15) is 70.3 Å². The highest BCUT2D eigenvalue weighted by Gasteiger charge is 2.45. The fourth-order valence-corrected chi connectivity index (χ4v) is 7.31. The zero-order chi connectivity index (χ0) is 41.3. The van der Waals surface area contributed by atoms with E-state index in [-0.39, 0.29) is 96.3 Å². The van der Waals surface area contributed by atoms with Crippen LogP contribution in [0.4, 0.5) is 0 Å². The van der Waals surface area contributed by atoms with Crippen molar-refractivity contribution in [3.8, 4) is 74.4 Å². The van der Waals surface area contributed by atoms with Crippen molar-refractivity contribution in [1.82, 2.24) is 0 Å². The number of ether oxygens (including phenoxy) is 5. The normalized spacial score (nSPS) is 23.1. The summed E-state index contributed by atoms with van der Waals surface area (Å²) in [6, 6.07) is 11.4. The average molecular weight is 806 g/mol. The molecule has 0 spiro atoms. The molecule has 2 aliphatic heterocycles. The van der Waals surface area contributed by atoms with Crippen molar-refractivity contribution in [1.29, 1.82) is 0 Å². The standard InChI is InChI=1S/C40H36O18/c1-52-27-6-15(7-28(53-2)32(27)48)37-39(58-40-35(51)34(50)33(49)29(13-41)56-40)18-11-26(54-24-8-16(42)9-25(55-37)30(18)24)31-22(46)12-20(44)17-10-23(47)36(57-38(17)31)14-3-4-19(43)21(45)5-14/h3-9,11-12,23,29,33-36,40-41,43-51H,10,13H2,1-2H3/p+1/t23-,29-,33-,34+,35-,36-,40+/m1/s1. The van der Waals surface area contributed by atoms with Gasteiger partial charge in [-0.2, -0.15) is 0 Å². The highest BCUT2D eigenvalue weighted by Crippen LogP contribution is 2.53. The third kappa shape index (κ3) is 6.28. The summed E-state index contributed by atoms with van der Waals surface area (Å²) in [6.07, 6.45) is -11.3. The molecule has 2 aromatic heterocycles. The Labute approximate surface area is 325 Å². The van der Waals surface area contributed by atoms with Gasteiger partial charge in [0.15, 0.2) is 34.5 Å². The third-order valence-electron chi connectivity index (χ3n) is 10.2. The van der Waals surface area contributed by atoms with Crippen LogP contribution >= 0.6 is 0 Å². The molecule has 0 bridgehead atoms. The summed E-state index contributed by atoms with van der Waals surface area (Å²) in [7, 11) is 2.59. The van der Waals surface area contributed by atoms with Gasteiger partial charge >= 0.3 is 5.43 Å². The van der Waals surface area contributed by atoms with Crippen molar-refractivity contribution in [2.45, 2.75) is 49.3 Å². The zero-order valence-corrected chi connectivity index (χ0v) is 30.4. The van der Waals surface area contributed by atoms with Gasteiger partial charge in [-0.1, -0.05) is 6.07 Å². The molecule has 0 radical (unpaired) electrons. The number of hydrogen-bond acceptors (Lipinski definition) is 17. The Bertz CT molecular complexity index is 2600. The van der Waals surface area contributed by atoms with E-state index in [0.717, 1.165) is 6.07 Å². The van der Waals surface area contributed by atoms with Gasteiger partial charge in [0, 0.05) is 29.0 Å². The molecule has 0 amide bonds. The van der Waals surface area contributed by atoms with E-state index >= 15 is 0 Å². The number of methoxy groups -OCH3 is 2. The van der Waals surface area contributed by atoms with Gasteiger partial charge in [-0.25, -0.2) is 0 Å². The largest absolute Gasteiger partial charge is 0.507 e. The summed E-state index contributed by atoms with van der Waals surface area (Å²) in [6.45, 7) is -0.773. The van der Waals surface area contributed by atoms with Gasteiger partial charge in [0.05, 0.1) is 44.4 Å². The van der Waals surface area contributed by atoms with Gasteiger partial charge in [-0.3, -0.25) is 4.79 Å². The van der Waals surface area contributed by atoms with E-state index in [1.165, 1.54) is 62.8 Å². The Kier molecular flexibility index (Phi) is 9.62. The summed E-state index contributed by atoms with van der Waals surface area (Å²) >= 11 is 0. The molecule has 6 aromatic rings. The van der Waals surface area contributed by atoms with E-state index in [1.54, 1.807) is 0 Å². The molecule has 304 valence electrons. The van der Waals surface area contributed by atoms with Crippen LogP contribution in [0.1, 0.15) is 17.2 Å². The first-order valence-corrected chi connectivity index (χ1v) is 17.7. The number of hydrogen-bond donors (Lipinski definition) is 10. The Morgan fingerprint density at radius 1 is 0.759 bits per heavy atom. The summed E-state index contributed by atoms with van der Waals surface area (Å²) in [4.78, 5) is 10.9. The van der Waals surface area contributed by atoms with Crippen LogP contribution in [0.3, 0.4) is 0 Å². The number of phenolic OH excluding ortho intramolecular Hbond substituents is 5. The molecule has 2 aliphatic rings. The lowest BCUT2D eigenvalue weighted by Gasteiger charge is -2.39. The summed E-state index contributed by atoms with van der Waals surface area (Å²) in [5, 5.41) is 107. The maximum atomic E-state index is 11.5. The number of rotatable bonds is 8. The molecule has 0 saturated carbocycles. The van der Waals surface area contributed by atoms with Crippen LogP contribution in [0.5, 0.6) is 51.7 Å². The molecule has 7 atom stereocenters. The first kappa shape index (κ1) is 38.5. The maximum absolute atomic E-state index is 11.5. The number of phenols is 5. The van der Waals surface area contributed by atoms with E-state index in [4.69, 9.17) is 32.5 Å². The van der Waals surface area contributed by atoms with Crippen molar-refractivity contribution in [3.63, 3.8) is 0 Å². The van der Waals surface area contributed by atoms with E-state index < -0.39 is 72.5 Å². The first-order chi connectivity index (χ1) is 27.7. The fourth-order valence-electron chi connectivity index (χ4n) is 7.31. The lowest BCUT2D eigenvalue weighted by molar-refractivity contribution is -0.277. The first-order valence-electron chi connectivity index (χ1n) is 17.7. The fraction of sp³-hybridized carbons (Fsp3) is 0.275. The van der Waals surface area contributed by atoms with Crippen molar-refractivity contribution in [2.24, 2.45) is 0 Å². The topological polar surface area (TPSA) is 296 Å². The second-order valence-corrected chi connectivity index (χ2v) is 13.8. The molecular formula is C40H37O18+. The van der Waals surface area contributed by atoms with Crippen LogP contribution in [0.2, 0.25) is 0 Å². The van der Waals surface area contributed by atoms with Crippen molar-refractivity contribution in [2.75, 3.05) is 20.8 Å². The second-order valence-electron chi connectivity index (χ2n) is 13.8. The Morgan fingerprint density at radius 2 is 1.45 bits per heavy atom. The van der Waals surface area contributed by atoms with Gasteiger partial charge in [-0.15, -0.1) is 0 Å². The molecule has 1 fully saturated rings. The highest BCUT2D eigenvalue weighted by molar-refractivity contribution is 6.10. The highest BCUT2D eigenvalue weighted by atomic mass is 16.7. The van der Waals surface area contributed by atoms with Crippen molar-refractivity contribution >= 4 is 21.9 Å². The van der Waals surface area contributed by atoms with E-state index in [9.17, 15) is 55.9 Å². The summed E-state index contributed by atoms with van der Waals surface area (Å²) in [5.74, 6) is -3.09. The number of aromatic hydroxyl groups is 5. The van der Waals surface area contributed by atoms with Gasteiger partial charge in [-0.05, 0) is 35.9 Å². The Balaban J connectivity index is 1.41. The minimum atomic E-state index is -1.90. The molecule has 0 unspecified atom stereocenters. The molecular weight excluding hydrogens is 768 g/mol. The second kappa shape index (κ2) is 14.5. The predicted octanol–water partition coefficient (Wildman–Crippen LogP) is 2.28. The van der Waals surface area contributed by atoms with E-state index in [1.807, 2.05) is 0 Å². The van der Waals surface area contributed by atoms with Crippen LogP contribution < -0.4 is 24.4 Å². The summed E-state index contributed by atoms with van der Waals surface area (Å²) in [5.41, 5.74) is -0.0961. The van der Waals surface area contributed by atoms with Crippen molar-refractivity contribution < 1.29 is 88.4 Å². The van der Waals surface area contributed by atoms with Crippen LogP contribution in [0.25, 0.3) is 44.6 Å². The van der Waals surface area contributed by atoms with E-state index in [2.05, 4.69) is 0 Å². The number of benzene rings is 4. The molecule has 18 nitrogen and oxygen atoms in total. The molecule has 58 heavy (non-hydrogen) atoms. The molecule has 4 heterocycles. The molecule has 0 aliphatic carbocycles. The van der Waals surface area contributed by atoms with E-state index in [0.29, 0.717) is 0 Å². The van der Waals surface area contributed by atoms with Crippen LogP contribution in [-0.4, -0.2) is 113 Å². The molecule has 1 saturated heterocycles. The van der Waals surface area contributed by atoms with Gasteiger partial charge in [0.25, 0.3) is 0 Å². The lowest BCUT2D eigenvalue weighted by Crippen LogP contribution is -2.60. The maximum Gasteiger partial charge on any atom is 0.347 e. The minimum Gasteiger partial charge on any atom is -0.507 e. The number of fused-ring (bicyclic) bond motifs is 1. The smallest absolute Gasteiger partial charge is 0.347 e. The Hall–Kier alpha value is -6.41. The number of aliphatic hydroxyl groups is 5.